The standard InChI is InChI=1S/C13H16ClN3O3/c1-2-13(5-3-6-13)8-16-12(18)9-4-7-15-11(14)10(9)17(19)20/h4,7H,2-3,5-6,8H2,1H3,(H,16,18). The lowest BCUT2D eigenvalue weighted by atomic mass is 9.67. The van der Waals surface area contributed by atoms with Crippen LogP contribution in [0.15, 0.2) is 12.3 Å². The van der Waals surface area contributed by atoms with Gasteiger partial charge in [-0.2, -0.15) is 0 Å². The SMILES string of the molecule is CCC1(CNC(=O)c2ccnc(Cl)c2[N+](=O)[O-])CCC1. The van der Waals surface area contributed by atoms with Crippen molar-refractivity contribution in [1.82, 2.24) is 10.3 Å². The molecule has 1 aliphatic carbocycles. The first-order valence-electron chi connectivity index (χ1n) is 6.56. The van der Waals surface area contributed by atoms with Crippen LogP contribution in [-0.4, -0.2) is 22.4 Å². The van der Waals surface area contributed by atoms with Crippen molar-refractivity contribution in [2.24, 2.45) is 5.41 Å². The zero-order valence-electron chi connectivity index (χ0n) is 11.2. The maximum atomic E-state index is 12.1. The molecular formula is C13H16ClN3O3. The average Bonchev–Trinajstić information content (AvgIpc) is 2.37. The Labute approximate surface area is 121 Å². The molecular weight excluding hydrogens is 282 g/mol. The molecule has 0 aliphatic heterocycles. The van der Waals surface area contributed by atoms with E-state index >= 15 is 0 Å². The lowest BCUT2D eigenvalue weighted by Crippen LogP contribution is -2.41. The minimum absolute atomic E-state index is 0.0411. The third-order valence-corrected chi connectivity index (χ3v) is 4.37. The van der Waals surface area contributed by atoms with Gasteiger partial charge in [0.1, 0.15) is 5.56 Å². The van der Waals surface area contributed by atoms with Gasteiger partial charge in [-0.15, -0.1) is 0 Å². The highest BCUT2D eigenvalue weighted by Gasteiger charge is 2.36. The summed E-state index contributed by atoms with van der Waals surface area (Å²) in [5.41, 5.74) is -0.326. The molecule has 1 heterocycles. The number of rotatable bonds is 5. The number of pyridine rings is 1. The van der Waals surface area contributed by atoms with Crippen molar-refractivity contribution in [2.45, 2.75) is 32.6 Å². The van der Waals surface area contributed by atoms with E-state index in [4.69, 9.17) is 11.6 Å². The fraction of sp³-hybridized carbons (Fsp3) is 0.538. The molecule has 0 aromatic carbocycles. The Morgan fingerprint density at radius 1 is 1.60 bits per heavy atom. The lowest BCUT2D eigenvalue weighted by Gasteiger charge is -2.41. The summed E-state index contributed by atoms with van der Waals surface area (Å²) in [6.07, 6.45) is 5.63. The number of aromatic nitrogens is 1. The molecule has 0 bridgehead atoms. The van der Waals surface area contributed by atoms with Gasteiger partial charge in [0.25, 0.3) is 5.91 Å². The van der Waals surface area contributed by atoms with Crippen LogP contribution in [0.3, 0.4) is 0 Å². The maximum Gasteiger partial charge on any atom is 0.319 e. The molecule has 1 aliphatic rings. The number of nitrogens with one attached hydrogen (secondary N) is 1. The summed E-state index contributed by atoms with van der Waals surface area (Å²) in [6.45, 7) is 2.64. The van der Waals surface area contributed by atoms with E-state index in [2.05, 4.69) is 17.2 Å². The third kappa shape index (κ3) is 2.75. The van der Waals surface area contributed by atoms with E-state index in [0.29, 0.717) is 6.54 Å². The molecule has 7 heteroatoms. The molecule has 1 aromatic heterocycles. The number of nitro groups is 1. The number of carbonyl (C=O) groups excluding carboxylic acids is 1. The highest BCUT2D eigenvalue weighted by Crippen LogP contribution is 2.43. The van der Waals surface area contributed by atoms with E-state index in [1.54, 1.807) is 0 Å². The number of carbonyl (C=O) groups is 1. The second-order valence-electron chi connectivity index (χ2n) is 5.14. The largest absolute Gasteiger partial charge is 0.351 e. The normalized spacial score (nSPS) is 16.3. The number of hydrogen-bond donors (Lipinski definition) is 1. The van der Waals surface area contributed by atoms with Crippen molar-refractivity contribution in [3.63, 3.8) is 0 Å². The Kier molecular flexibility index (Phi) is 4.23. The molecule has 1 saturated carbocycles. The van der Waals surface area contributed by atoms with Crippen LogP contribution in [0.2, 0.25) is 5.15 Å². The maximum absolute atomic E-state index is 12.1. The Morgan fingerprint density at radius 3 is 2.80 bits per heavy atom. The van der Waals surface area contributed by atoms with Crippen molar-refractivity contribution < 1.29 is 9.72 Å². The molecule has 108 valence electrons. The molecule has 1 amide bonds. The first-order chi connectivity index (χ1) is 9.49. The van der Waals surface area contributed by atoms with Crippen LogP contribution in [0.5, 0.6) is 0 Å². The second kappa shape index (κ2) is 5.75. The van der Waals surface area contributed by atoms with Crippen molar-refractivity contribution >= 4 is 23.2 Å². The number of hydrogen-bond acceptors (Lipinski definition) is 4. The van der Waals surface area contributed by atoms with Gasteiger partial charge in [0, 0.05) is 12.7 Å². The van der Waals surface area contributed by atoms with Crippen LogP contribution in [0.4, 0.5) is 5.69 Å². The van der Waals surface area contributed by atoms with E-state index in [0.717, 1.165) is 19.3 Å². The van der Waals surface area contributed by atoms with Crippen LogP contribution in [0, 0.1) is 15.5 Å². The molecule has 1 N–H and O–H groups in total. The molecule has 0 radical (unpaired) electrons. The molecule has 0 saturated heterocycles. The minimum atomic E-state index is -0.677. The fourth-order valence-electron chi connectivity index (χ4n) is 2.48. The van der Waals surface area contributed by atoms with Gasteiger partial charge in [-0.25, -0.2) is 4.98 Å². The number of amides is 1. The van der Waals surface area contributed by atoms with Crippen LogP contribution in [-0.2, 0) is 0 Å². The molecule has 1 fully saturated rings. The summed E-state index contributed by atoms with van der Waals surface area (Å²) >= 11 is 5.69. The average molecular weight is 298 g/mol. The van der Waals surface area contributed by atoms with Gasteiger partial charge in [0.2, 0.25) is 5.15 Å². The van der Waals surface area contributed by atoms with E-state index in [1.165, 1.54) is 18.7 Å². The zero-order chi connectivity index (χ0) is 14.8. The van der Waals surface area contributed by atoms with Gasteiger partial charge in [-0.3, -0.25) is 14.9 Å². The summed E-state index contributed by atoms with van der Waals surface area (Å²) in [5.74, 6) is -0.472. The van der Waals surface area contributed by atoms with Crippen LogP contribution in [0.25, 0.3) is 0 Å². The number of nitrogens with zero attached hydrogens (tertiary/aromatic N) is 2. The molecule has 2 rings (SSSR count). The molecule has 0 atom stereocenters. The van der Waals surface area contributed by atoms with Gasteiger partial charge in [-0.05, 0) is 30.7 Å². The predicted octanol–water partition coefficient (Wildman–Crippen LogP) is 2.95. The Morgan fingerprint density at radius 2 is 2.30 bits per heavy atom. The zero-order valence-corrected chi connectivity index (χ0v) is 11.9. The first-order valence-corrected chi connectivity index (χ1v) is 6.94. The third-order valence-electron chi connectivity index (χ3n) is 4.09. The molecule has 0 spiro atoms. The summed E-state index contributed by atoms with van der Waals surface area (Å²) in [4.78, 5) is 26.1. The van der Waals surface area contributed by atoms with E-state index < -0.39 is 16.5 Å². The van der Waals surface area contributed by atoms with Gasteiger partial charge in [0.05, 0.1) is 4.92 Å². The van der Waals surface area contributed by atoms with E-state index in [1.807, 2.05) is 0 Å². The molecule has 0 unspecified atom stereocenters. The second-order valence-corrected chi connectivity index (χ2v) is 5.50. The van der Waals surface area contributed by atoms with Gasteiger partial charge >= 0.3 is 5.69 Å². The monoisotopic (exact) mass is 297 g/mol. The predicted molar refractivity (Wildman–Crippen MR) is 74.8 cm³/mol. The lowest BCUT2D eigenvalue weighted by molar-refractivity contribution is -0.385. The summed E-state index contributed by atoms with van der Waals surface area (Å²) in [6, 6.07) is 1.32. The van der Waals surface area contributed by atoms with Gasteiger partial charge in [0.15, 0.2) is 0 Å². The smallest absolute Gasteiger partial charge is 0.319 e. The summed E-state index contributed by atoms with van der Waals surface area (Å²) in [7, 11) is 0. The Bertz CT molecular complexity index is 538. The van der Waals surface area contributed by atoms with Gasteiger partial charge < -0.3 is 5.32 Å². The van der Waals surface area contributed by atoms with E-state index in [-0.39, 0.29) is 16.1 Å². The van der Waals surface area contributed by atoms with Crippen molar-refractivity contribution in [3.8, 4) is 0 Å². The number of halogens is 1. The van der Waals surface area contributed by atoms with Gasteiger partial charge in [-0.1, -0.05) is 24.9 Å². The summed E-state index contributed by atoms with van der Waals surface area (Å²) < 4.78 is 0. The Balaban J connectivity index is 2.13. The first kappa shape index (κ1) is 14.7. The van der Waals surface area contributed by atoms with E-state index in [9.17, 15) is 14.9 Å². The highest BCUT2D eigenvalue weighted by molar-refractivity contribution is 6.32. The Hall–Kier alpha value is -1.69. The van der Waals surface area contributed by atoms with Crippen LogP contribution >= 0.6 is 11.6 Å². The fourth-order valence-corrected chi connectivity index (χ4v) is 2.71. The molecule has 6 nitrogen and oxygen atoms in total. The highest BCUT2D eigenvalue weighted by atomic mass is 35.5. The topological polar surface area (TPSA) is 85.1 Å². The van der Waals surface area contributed by atoms with Crippen molar-refractivity contribution in [2.75, 3.05) is 6.54 Å². The quantitative estimate of drug-likeness (QED) is 0.514. The van der Waals surface area contributed by atoms with Crippen molar-refractivity contribution in [1.29, 1.82) is 0 Å². The molecule has 20 heavy (non-hydrogen) atoms. The van der Waals surface area contributed by atoms with Crippen LogP contribution in [0.1, 0.15) is 43.0 Å². The summed E-state index contributed by atoms with van der Waals surface area (Å²) in [5, 5.41) is 13.5. The van der Waals surface area contributed by atoms with Crippen LogP contribution < -0.4 is 5.32 Å². The molecule has 1 aromatic rings. The minimum Gasteiger partial charge on any atom is -0.351 e. The van der Waals surface area contributed by atoms with Crippen molar-refractivity contribution in [3.05, 3.63) is 33.1 Å².